The molecular formula is C16H17N3S. The SMILES string of the molecule is CCCNC(c1cncnc1)c1cc2ccccc2s1. The Kier molecular flexibility index (Phi) is 4.04. The normalized spacial score (nSPS) is 12.7. The van der Waals surface area contributed by atoms with Crippen LogP contribution in [0.4, 0.5) is 0 Å². The molecule has 1 atom stereocenters. The van der Waals surface area contributed by atoms with Crippen molar-refractivity contribution in [3.63, 3.8) is 0 Å². The minimum absolute atomic E-state index is 0.175. The first-order valence-electron chi connectivity index (χ1n) is 6.85. The largest absolute Gasteiger partial charge is 0.306 e. The Labute approximate surface area is 122 Å². The Bertz CT molecular complexity index is 645. The van der Waals surface area contributed by atoms with Gasteiger partial charge in [0.1, 0.15) is 6.33 Å². The van der Waals surface area contributed by atoms with E-state index in [-0.39, 0.29) is 6.04 Å². The number of hydrogen-bond acceptors (Lipinski definition) is 4. The lowest BCUT2D eigenvalue weighted by Crippen LogP contribution is -2.22. The molecule has 1 aromatic carbocycles. The van der Waals surface area contributed by atoms with Crippen molar-refractivity contribution < 1.29 is 0 Å². The summed E-state index contributed by atoms with van der Waals surface area (Å²) in [4.78, 5) is 9.61. The molecule has 2 heterocycles. The second-order valence-corrected chi connectivity index (χ2v) is 5.86. The van der Waals surface area contributed by atoms with Gasteiger partial charge in [-0.05, 0) is 30.5 Å². The second-order valence-electron chi connectivity index (χ2n) is 4.75. The number of hydrogen-bond donors (Lipinski definition) is 1. The van der Waals surface area contributed by atoms with Gasteiger partial charge in [0.2, 0.25) is 0 Å². The molecule has 0 spiro atoms. The zero-order valence-electron chi connectivity index (χ0n) is 11.4. The molecule has 0 fully saturated rings. The highest BCUT2D eigenvalue weighted by Crippen LogP contribution is 2.32. The predicted octanol–water partition coefficient (Wildman–Crippen LogP) is 3.78. The summed E-state index contributed by atoms with van der Waals surface area (Å²) < 4.78 is 1.32. The average molecular weight is 283 g/mol. The molecule has 2 aromatic heterocycles. The summed E-state index contributed by atoms with van der Waals surface area (Å²) in [5.74, 6) is 0. The molecule has 20 heavy (non-hydrogen) atoms. The molecule has 0 saturated heterocycles. The fourth-order valence-corrected chi connectivity index (χ4v) is 3.44. The highest BCUT2D eigenvalue weighted by Gasteiger charge is 2.16. The van der Waals surface area contributed by atoms with Crippen LogP contribution in [-0.4, -0.2) is 16.5 Å². The maximum absolute atomic E-state index is 4.15. The van der Waals surface area contributed by atoms with Crippen LogP contribution in [0.3, 0.4) is 0 Å². The minimum Gasteiger partial charge on any atom is -0.306 e. The van der Waals surface area contributed by atoms with Crippen molar-refractivity contribution in [1.29, 1.82) is 0 Å². The molecule has 3 rings (SSSR count). The van der Waals surface area contributed by atoms with Gasteiger partial charge in [-0.3, -0.25) is 0 Å². The van der Waals surface area contributed by atoms with Gasteiger partial charge >= 0.3 is 0 Å². The van der Waals surface area contributed by atoms with E-state index in [4.69, 9.17) is 0 Å². The fraction of sp³-hybridized carbons (Fsp3) is 0.250. The van der Waals surface area contributed by atoms with E-state index in [0.717, 1.165) is 18.5 Å². The third kappa shape index (κ3) is 2.71. The van der Waals surface area contributed by atoms with E-state index in [1.165, 1.54) is 15.0 Å². The summed E-state index contributed by atoms with van der Waals surface area (Å²) in [6.07, 6.45) is 6.47. The standard InChI is InChI=1S/C16H17N3S/c1-2-7-19-16(13-9-17-11-18-10-13)15-8-12-5-3-4-6-14(12)20-15/h3-6,8-11,16,19H,2,7H2,1H3. The van der Waals surface area contributed by atoms with Gasteiger partial charge in [-0.2, -0.15) is 0 Å². The van der Waals surface area contributed by atoms with Gasteiger partial charge in [0.15, 0.2) is 0 Å². The first kappa shape index (κ1) is 13.2. The molecule has 3 nitrogen and oxygen atoms in total. The van der Waals surface area contributed by atoms with E-state index in [1.807, 2.05) is 23.7 Å². The second kappa shape index (κ2) is 6.11. The van der Waals surface area contributed by atoms with Crippen molar-refractivity contribution in [2.24, 2.45) is 0 Å². The van der Waals surface area contributed by atoms with Crippen LogP contribution in [0.5, 0.6) is 0 Å². The summed E-state index contributed by atoms with van der Waals surface area (Å²) >= 11 is 1.83. The van der Waals surface area contributed by atoms with Crippen molar-refractivity contribution in [1.82, 2.24) is 15.3 Å². The Morgan fingerprint density at radius 3 is 2.75 bits per heavy atom. The summed E-state index contributed by atoms with van der Waals surface area (Å²) in [5, 5.41) is 4.89. The lowest BCUT2D eigenvalue weighted by Gasteiger charge is -2.16. The monoisotopic (exact) mass is 283 g/mol. The lowest BCUT2D eigenvalue weighted by molar-refractivity contribution is 0.602. The van der Waals surface area contributed by atoms with Crippen molar-refractivity contribution >= 4 is 21.4 Å². The third-order valence-electron chi connectivity index (χ3n) is 3.24. The van der Waals surface area contributed by atoms with E-state index in [1.54, 1.807) is 6.33 Å². The predicted molar refractivity (Wildman–Crippen MR) is 84.0 cm³/mol. The molecule has 0 amide bonds. The summed E-state index contributed by atoms with van der Waals surface area (Å²) in [6, 6.07) is 10.9. The topological polar surface area (TPSA) is 37.8 Å². The molecule has 0 aliphatic heterocycles. The van der Waals surface area contributed by atoms with Gasteiger partial charge in [0.25, 0.3) is 0 Å². The number of thiophene rings is 1. The molecule has 3 aromatic rings. The van der Waals surface area contributed by atoms with Crippen molar-refractivity contribution in [2.45, 2.75) is 19.4 Å². The first-order chi connectivity index (χ1) is 9.88. The molecule has 1 unspecified atom stereocenters. The summed E-state index contributed by atoms with van der Waals surface area (Å²) in [6.45, 7) is 3.16. The Morgan fingerprint density at radius 1 is 1.20 bits per heavy atom. The van der Waals surface area contributed by atoms with Crippen molar-refractivity contribution in [3.05, 3.63) is 59.5 Å². The maximum atomic E-state index is 4.15. The summed E-state index contributed by atoms with van der Waals surface area (Å²) in [5.41, 5.74) is 1.12. The number of benzene rings is 1. The lowest BCUT2D eigenvalue weighted by atomic mass is 10.1. The molecule has 0 aliphatic carbocycles. The number of fused-ring (bicyclic) bond motifs is 1. The van der Waals surface area contributed by atoms with Crippen LogP contribution < -0.4 is 5.32 Å². The van der Waals surface area contributed by atoms with Gasteiger partial charge in [-0.25, -0.2) is 9.97 Å². The maximum Gasteiger partial charge on any atom is 0.115 e. The van der Waals surface area contributed by atoms with Crippen LogP contribution in [0.2, 0.25) is 0 Å². The molecule has 0 bridgehead atoms. The van der Waals surface area contributed by atoms with E-state index >= 15 is 0 Å². The first-order valence-corrected chi connectivity index (χ1v) is 7.67. The van der Waals surface area contributed by atoms with Crippen LogP contribution in [0.1, 0.15) is 29.8 Å². The van der Waals surface area contributed by atoms with Crippen LogP contribution in [0.15, 0.2) is 49.1 Å². The third-order valence-corrected chi connectivity index (χ3v) is 4.42. The molecule has 4 heteroatoms. The van der Waals surface area contributed by atoms with Crippen LogP contribution in [0.25, 0.3) is 10.1 Å². The number of nitrogens with one attached hydrogen (secondary N) is 1. The quantitative estimate of drug-likeness (QED) is 0.774. The molecule has 102 valence electrons. The molecular weight excluding hydrogens is 266 g/mol. The smallest absolute Gasteiger partial charge is 0.115 e. The van der Waals surface area contributed by atoms with E-state index in [0.29, 0.717) is 0 Å². The minimum atomic E-state index is 0.175. The number of nitrogens with zero attached hydrogens (tertiary/aromatic N) is 2. The molecule has 0 radical (unpaired) electrons. The van der Waals surface area contributed by atoms with E-state index in [2.05, 4.69) is 52.5 Å². The van der Waals surface area contributed by atoms with Gasteiger partial charge < -0.3 is 5.32 Å². The highest BCUT2D eigenvalue weighted by atomic mass is 32.1. The molecule has 0 aliphatic rings. The van der Waals surface area contributed by atoms with E-state index < -0.39 is 0 Å². The number of rotatable bonds is 5. The van der Waals surface area contributed by atoms with Crippen LogP contribution in [0, 0.1) is 0 Å². The fourth-order valence-electron chi connectivity index (χ4n) is 2.28. The van der Waals surface area contributed by atoms with Gasteiger partial charge in [0, 0.05) is 27.5 Å². The summed E-state index contributed by atoms with van der Waals surface area (Å²) in [7, 11) is 0. The Balaban J connectivity index is 2.00. The number of aromatic nitrogens is 2. The van der Waals surface area contributed by atoms with Gasteiger partial charge in [-0.1, -0.05) is 25.1 Å². The van der Waals surface area contributed by atoms with Crippen LogP contribution in [-0.2, 0) is 0 Å². The van der Waals surface area contributed by atoms with Gasteiger partial charge in [-0.15, -0.1) is 11.3 Å². The zero-order valence-corrected chi connectivity index (χ0v) is 12.2. The Morgan fingerprint density at radius 2 is 2.00 bits per heavy atom. The van der Waals surface area contributed by atoms with Gasteiger partial charge in [0.05, 0.1) is 6.04 Å². The Hall–Kier alpha value is -1.78. The highest BCUT2D eigenvalue weighted by molar-refractivity contribution is 7.19. The van der Waals surface area contributed by atoms with Crippen molar-refractivity contribution in [3.8, 4) is 0 Å². The average Bonchev–Trinajstić information content (AvgIpc) is 2.92. The van der Waals surface area contributed by atoms with E-state index in [9.17, 15) is 0 Å². The zero-order chi connectivity index (χ0) is 13.8. The molecule has 1 N–H and O–H groups in total. The van der Waals surface area contributed by atoms with Crippen LogP contribution >= 0.6 is 11.3 Å². The molecule has 0 saturated carbocycles. The van der Waals surface area contributed by atoms with Crippen molar-refractivity contribution in [2.75, 3.05) is 6.54 Å².